The smallest absolute Gasteiger partial charge is 0.251 e. The van der Waals surface area contributed by atoms with Crippen molar-refractivity contribution in [1.29, 1.82) is 0 Å². The van der Waals surface area contributed by atoms with E-state index < -0.39 is 15.9 Å². The third-order valence-corrected chi connectivity index (χ3v) is 4.54. The minimum Gasteiger partial charge on any atom is -0.351 e. The summed E-state index contributed by atoms with van der Waals surface area (Å²) < 4.78 is 25.1. The van der Waals surface area contributed by atoms with Crippen LogP contribution in [0, 0.1) is 0 Å². The van der Waals surface area contributed by atoms with E-state index in [4.69, 9.17) is 0 Å². The maximum absolute atomic E-state index is 12.0. The molecule has 2 amide bonds. The largest absolute Gasteiger partial charge is 0.351 e. The Bertz CT molecular complexity index is 668. The first kappa shape index (κ1) is 17.9. The summed E-state index contributed by atoms with van der Waals surface area (Å²) in [5.41, 5.74) is 0.166. The zero-order valence-electron chi connectivity index (χ0n) is 12.5. The van der Waals surface area contributed by atoms with E-state index in [9.17, 15) is 18.0 Å². The Morgan fingerprint density at radius 1 is 1.27 bits per heavy atom. The minimum absolute atomic E-state index is 0.0151. The molecule has 0 aliphatic rings. The molecule has 8 heteroatoms. The van der Waals surface area contributed by atoms with Crippen LogP contribution in [-0.4, -0.2) is 51.7 Å². The number of nitrogens with zero attached hydrogens (tertiary/aromatic N) is 1. The Balaban J connectivity index is 2.79. The van der Waals surface area contributed by atoms with Crippen LogP contribution in [0.1, 0.15) is 10.4 Å². The molecule has 0 unspecified atom stereocenters. The maximum atomic E-state index is 12.0. The van der Waals surface area contributed by atoms with Crippen LogP contribution in [0.5, 0.6) is 0 Å². The fourth-order valence-corrected chi connectivity index (χ4v) is 2.47. The Morgan fingerprint density at radius 2 is 1.95 bits per heavy atom. The van der Waals surface area contributed by atoms with Gasteiger partial charge in [0.05, 0.1) is 11.4 Å². The fraction of sp³-hybridized carbons (Fsp3) is 0.286. The van der Waals surface area contributed by atoms with Gasteiger partial charge in [-0.2, -0.15) is 0 Å². The first-order valence-electron chi connectivity index (χ1n) is 6.47. The summed E-state index contributed by atoms with van der Waals surface area (Å²) in [7, 11) is -0.796. The summed E-state index contributed by atoms with van der Waals surface area (Å²) in [6.45, 7) is 3.57. The van der Waals surface area contributed by atoms with Gasteiger partial charge in [-0.25, -0.2) is 12.7 Å². The van der Waals surface area contributed by atoms with Crippen LogP contribution in [0.2, 0.25) is 0 Å². The van der Waals surface area contributed by atoms with Crippen molar-refractivity contribution in [2.45, 2.75) is 4.90 Å². The molecule has 0 radical (unpaired) electrons. The van der Waals surface area contributed by atoms with Crippen LogP contribution >= 0.6 is 0 Å². The Morgan fingerprint density at radius 3 is 2.55 bits per heavy atom. The van der Waals surface area contributed by atoms with Gasteiger partial charge >= 0.3 is 0 Å². The van der Waals surface area contributed by atoms with Gasteiger partial charge in [-0.15, -0.1) is 6.58 Å². The van der Waals surface area contributed by atoms with Crippen molar-refractivity contribution >= 4 is 21.8 Å². The van der Waals surface area contributed by atoms with Crippen LogP contribution in [0.3, 0.4) is 0 Å². The average molecular weight is 325 g/mol. The highest BCUT2D eigenvalue weighted by atomic mass is 32.2. The second kappa shape index (κ2) is 7.71. The zero-order valence-corrected chi connectivity index (χ0v) is 13.3. The second-order valence-electron chi connectivity index (χ2n) is 4.59. The molecule has 2 N–H and O–H groups in total. The van der Waals surface area contributed by atoms with Crippen LogP contribution in [0.4, 0.5) is 0 Å². The van der Waals surface area contributed by atoms with E-state index in [1.165, 1.54) is 44.4 Å². The number of amides is 2. The van der Waals surface area contributed by atoms with Crippen molar-refractivity contribution in [2.24, 2.45) is 0 Å². The van der Waals surface area contributed by atoms with Crippen molar-refractivity contribution in [1.82, 2.24) is 14.9 Å². The predicted molar refractivity (Wildman–Crippen MR) is 82.9 cm³/mol. The normalized spacial score (nSPS) is 11.0. The van der Waals surface area contributed by atoms with Crippen LogP contribution in [0.25, 0.3) is 0 Å². The van der Waals surface area contributed by atoms with E-state index in [2.05, 4.69) is 17.2 Å². The quantitative estimate of drug-likeness (QED) is 0.688. The third kappa shape index (κ3) is 4.68. The van der Waals surface area contributed by atoms with Gasteiger partial charge in [-0.3, -0.25) is 9.59 Å². The summed E-state index contributed by atoms with van der Waals surface area (Å²) in [6.07, 6.45) is 1.52. The number of carbonyl (C=O) groups is 2. The molecule has 0 spiro atoms. The van der Waals surface area contributed by atoms with Crippen LogP contribution < -0.4 is 10.6 Å². The molecule has 1 aromatic carbocycles. The van der Waals surface area contributed by atoms with Gasteiger partial charge < -0.3 is 10.6 Å². The van der Waals surface area contributed by atoms with Gasteiger partial charge in [0, 0.05) is 26.2 Å². The number of carbonyl (C=O) groups excluding carboxylic acids is 2. The Kier molecular flexibility index (Phi) is 6.26. The van der Waals surface area contributed by atoms with Crippen LogP contribution in [0.15, 0.2) is 41.8 Å². The number of rotatable bonds is 7. The molecule has 0 heterocycles. The van der Waals surface area contributed by atoms with Crippen molar-refractivity contribution in [3.63, 3.8) is 0 Å². The molecule has 7 nitrogen and oxygen atoms in total. The van der Waals surface area contributed by atoms with Gasteiger partial charge in [0.1, 0.15) is 0 Å². The van der Waals surface area contributed by atoms with E-state index in [0.717, 1.165) is 4.31 Å². The SMILES string of the molecule is C=CCNC(=O)CNC(=O)c1cccc(S(=O)(=O)N(C)C)c1. The summed E-state index contributed by atoms with van der Waals surface area (Å²) in [5, 5.41) is 4.94. The molecule has 0 aromatic heterocycles. The monoisotopic (exact) mass is 325 g/mol. The molecule has 120 valence electrons. The molecule has 0 atom stereocenters. The van der Waals surface area contributed by atoms with Crippen molar-refractivity contribution in [3.8, 4) is 0 Å². The highest BCUT2D eigenvalue weighted by Gasteiger charge is 2.18. The molecular formula is C14H19N3O4S. The molecule has 0 aliphatic heterocycles. The summed E-state index contributed by atoms with van der Waals surface area (Å²) in [6, 6.07) is 5.63. The first-order chi connectivity index (χ1) is 10.3. The molecular weight excluding hydrogens is 306 g/mol. The lowest BCUT2D eigenvalue weighted by molar-refractivity contribution is -0.119. The first-order valence-corrected chi connectivity index (χ1v) is 7.91. The van der Waals surface area contributed by atoms with E-state index >= 15 is 0 Å². The number of nitrogens with one attached hydrogen (secondary N) is 2. The van der Waals surface area contributed by atoms with Gasteiger partial charge in [-0.1, -0.05) is 12.1 Å². The molecule has 1 rings (SSSR count). The summed E-state index contributed by atoms with van der Waals surface area (Å²) in [5.74, 6) is -0.880. The molecule has 0 fully saturated rings. The highest BCUT2D eigenvalue weighted by Crippen LogP contribution is 2.14. The Hall–Kier alpha value is -2.19. The average Bonchev–Trinajstić information content (AvgIpc) is 2.50. The Labute approximate surface area is 130 Å². The fourth-order valence-electron chi connectivity index (χ4n) is 1.52. The summed E-state index contributed by atoms with van der Waals surface area (Å²) in [4.78, 5) is 23.3. The van der Waals surface area contributed by atoms with E-state index in [1.54, 1.807) is 0 Å². The molecule has 0 saturated heterocycles. The molecule has 0 aliphatic carbocycles. The lowest BCUT2D eigenvalue weighted by Gasteiger charge is -2.12. The molecule has 1 aromatic rings. The predicted octanol–water partition coefficient (Wildman–Crippen LogP) is -0.0311. The number of hydrogen-bond acceptors (Lipinski definition) is 4. The van der Waals surface area contributed by atoms with Crippen molar-refractivity contribution in [3.05, 3.63) is 42.5 Å². The lowest BCUT2D eigenvalue weighted by atomic mass is 10.2. The van der Waals surface area contributed by atoms with Crippen molar-refractivity contribution in [2.75, 3.05) is 27.2 Å². The number of hydrogen-bond donors (Lipinski definition) is 2. The lowest BCUT2D eigenvalue weighted by Crippen LogP contribution is -2.37. The van der Waals surface area contributed by atoms with Gasteiger partial charge in [0.25, 0.3) is 5.91 Å². The van der Waals surface area contributed by atoms with Crippen molar-refractivity contribution < 1.29 is 18.0 Å². The number of benzene rings is 1. The molecule has 22 heavy (non-hydrogen) atoms. The third-order valence-electron chi connectivity index (χ3n) is 2.73. The second-order valence-corrected chi connectivity index (χ2v) is 6.74. The van der Waals surface area contributed by atoms with Gasteiger partial charge in [0.15, 0.2) is 0 Å². The van der Waals surface area contributed by atoms with Gasteiger partial charge in [-0.05, 0) is 18.2 Å². The summed E-state index contributed by atoms with van der Waals surface area (Å²) >= 11 is 0. The highest BCUT2D eigenvalue weighted by molar-refractivity contribution is 7.89. The van der Waals surface area contributed by atoms with E-state index in [-0.39, 0.29) is 22.9 Å². The zero-order chi connectivity index (χ0) is 16.8. The maximum Gasteiger partial charge on any atom is 0.251 e. The molecule has 0 bridgehead atoms. The van der Waals surface area contributed by atoms with E-state index in [0.29, 0.717) is 6.54 Å². The minimum atomic E-state index is -3.61. The van der Waals surface area contributed by atoms with Crippen LogP contribution in [-0.2, 0) is 14.8 Å². The topological polar surface area (TPSA) is 95.6 Å². The molecule has 0 saturated carbocycles. The van der Waals surface area contributed by atoms with Gasteiger partial charge in [0.2, 0.25) is 15.9 Å². The van der Waals surface area contributed by atoms with E-state index in [1.807, 2.05) is 0 Å². The number of sulfonamides is 1. The standard InChI is InChI=1S/C14H19N3O4S/c1-4-8-15-13(18)10-16-14(19)11-6-5-7-12(9-11)22(20,21)17(2)3/h4-7,9H,1,8,10H2,2-3H3,(H,15,18)(H,16,19).